The van der Waals surface area contributed by atoms with E-state index in [0.29, 0.717) is 12.5 Å². The van der Waals surface area contributed by atoms with Gasteiger partial charge in [-0.05, 0) is 24.8 Å². The molecule has 3 nitrogen and oxygen atoms in total. The van der Waals surface area contributed by atoms with Gasteiger partial charge in [-0.3, -0.25) is 4.79 Å². The Kier molecular flexibility index (Phi) is 4.93. The fourth-order valence-corrected chi connectivity index (χ4v) is 3.21. The number of rotatable bonds is 4. The van der Waals surface area contributed by atoms with Gasteiger partial charge in [-0.2, -0.15) is 0 Å². The summed E-state index contributed by atoms with van der Waals surface area (Å²) < 4.78 is 26.8. The highest BCUT2D eigenvalue weighted by Crippen LogP contribution is 2.31. The van der Waals surface area contributed by atoms with Crippen LogP contribution in [0.2, 0.25) is 0 Å². The number of hydrogen-bond acceptors (Lipinski definition) is 2. The van der Waals surface area contributed by atoms with E-state index in [9.17, 15) is 13.6 Å². The number of hydrogen-bond donors (Lipinski definition) is 2. The highest BCUT2D eigenvalue weighted by atomic mass is 19.2. The fourth-order valence-electron chi connectivity index (χ4n) is 3.21. The van der Waals surface area contributed by atoms with Gasteiger partial charge in [0, 0.05) is 12.1 Å². The van der Waals surface area contributed by atoms with Crippen molar-refractivity contribution in [1.82, 2.24) is 5.32 Å². The zero-order valence-corrected chi connectivity index (χ0v) is 12.3. The van der Waals surface area contributed by atoms with Crippen LogP contribution in [0, 0.1) is 17.6 Å². The quantitative estimate of drug-likeness (QED) is 0.897. The van der Waals surface area contributed by atoms with Crippen molar-refractivity contribution in [2.75, 3.05) is 6.54 Å². The Morgan fingerprint density at radius 3 is 2.90 bits per heavy atom. The summed E-state index contributed by atoms with van der Waals surface area (Å²) in [5.41, 5.74) is 5.52. The molecule has 0 heterocycles. The van der Waals surface area contributed by atoms with E-state index in [4.69, 9.17) is 5.73 Å². The summed E-state index contributed by atoms with van der Waals surface area (Å²) in [6.07, 6.45) is 3.66. The Morgan fingerprint density at radius 2 is 2.24 bits per heavy atom. The minimum absolute atomic E-state index is 0.0727. The van der Waals surface area contributed by atoms with Crippen LogP contribution >= 0.6 is 0 Å². The van der Waals surface area contributed by atoms with E-state index in [1.807, 2.05) is 0 Å². The summed E-state index contributed by atoms with van der Waals surface area (Å²) in [6, 6.07) is 3.87. The molecule has 0 radical (unpaired) electrons. The van der Waals surface area contributed by atoms with Gasteiger partial charge in [-0.1, -0.05) is 31.9 Å². The standard InChI is InChI=1S/C16H22F2N2O/c1-11-4-3-7-16(9-11,10-19)20-14(21)8-12-5-2-6-13(17)15(12)18/h2,5-6,11H,3-4,7-10,19H2,1H3,(H,20,21). The number of nitrogens with one attached hydrogen (secondary N) is 1. The predicted octanol–water partition coefficient (Wildman–Crippen LogP) is 2.53. The van der Waals surface area contributed by atoms with Crippen LogP contribution in [0.4, 0.5) is 8.78 Å². The van der Waals surface area contributed by atoms with E-state index in [0.717, 1.165) is 31.7 Å². The summed E-state index contributed by atoms with van der Waals surface area (Å²) >= 11 is 0. The van der Waals surface area contributed by atoms with Crippen molar-refractivity contribution in [3.63, 3.8) is 0 Å². The number of benzene rings is 1. The van der Waals surface area contributed by atoms with Crippen molar-refractivity contribution in [1.29, 1.82) is 0 Å². The van der Waals surface area contributed by atoms with E-state index in [-0.39, 0.29) is 17.9 Å². The molecule has 5 heteroatoms. The van der Waals surface area contributed by atoms with Crippen molar-refractivity contribution in [2.45, 2.75) is 44.6 Å². The summed E-state index contributed by atoms with van der Waals surface area (Å²) in [4.78, 5) is 12.2. The fraction of sp³-hybridized carbons (Fsp3) is 0.562. The monoisotopic (exact) mass is 296 g/mol. The minimum atomic E-state index is -0.952. The second kappa shape index (κ2) is 6.52. The number of amides is 1. The second-order valence-electron chi connectivity index (χ2n) is 6.12. The molecule has 21 heavy (non-hydrogen) atoms. The van der Waals surface area contributed by atoms with Crippen LogP contribution in [0.15, 0.2) is 18.2 Å². The average Bonchev–Trinajstić information content (AvgIpc) is 2.44. The van der Waals surface area contributed by atoms with Crippen LogP contribution in [0.25, 0.3) is 0 Å². The molecule has 1 aliphatic rings. The molecule has 1 aromatic rings. The van der Waals surface area contributed by atoms with Gasteiger partial charge >= 0.3 is 0 Å². The molecule has 0 spiro atoms. The van der Waals surface area contributed by atoms with Gasteiger partial charge in [0.1, 0.15) is 0 Å². The molecular weight excluding hydrogens is 274 g/mol. The van der Waals surface area contributed by atoms with Gasteiger partial charge in [-0.15, -0.1) is 0 Å². The molecule has 3 N–H and O–H groups in total. The Bertz CT molecular complexity index is 521. The lowest BCUT2D eigenvalue weighted by Crippen LogP contribution is -2.56. The maximum atomic E-state index is 13.6. The van der Waals surface area contributed by atoms with Crippen LogP contribution in [-0.2, 0) is 11.2 Å². The second-order valence-corrected chi connectivity index (χ2v) is 6.12. The third-order valence-electron chi connectivity index (χ3n) is 4.27. The molecule has 0 aliphatic heterocycles. The lowest BCUT2D eigenvalue weighted by molar-refractivity contribution is -0.122. The first kappa shape index (κ1) is 15.9. The lowest BCUT2D eigenvalue weighted by Gasteiger charge is -2.40. The maximum absolute atomic E-state index is 13.6. The molecule has 0 aromatic heterocycles. The van der Waals surface area contributed by atoms with Gasteiger partial charge in [0.15, 0.2) is 11.6 Å². The first-order valence-corrected chi connectivity index (χ1v) is 7.40. The van der Waals surface area contributed by atoms with Crippen molar-refractivity contribution in [3.05, 3.63) is 35.4 Å². The van der Waals surface area contributed by atoms with E-state index in [1.54, 1.807) is 0 Å². The highest BCUT2D eigenvalue weighted by Gasteiger charge is 2.35. The minimum Gasteiger partial charge on any atom is -0.349 e. The molecule has 1 amide bonds. The number of nitrogens with two attached hydrogens (primary N) is 1. The van der Waals surface area contributed by atoms with Crippen molar-refractivity contribution in [2.24, 2.45) is 11.7 Å². The largest absolute Gasteiger partial charge is 0.349 e. The van der Waals surface area contributed by atoms with E-state index in [1.165, 1.54) is 12.1 Å². The van der Waals surface area contributed by atoms with Crippen LogP contribution in [-0.4, -0.2) is 18.0 Å². The molecule has 0 bridgehead atoms. The summed E-state index contributed by atoms with van der Waals surface area (Å²) in [5.74, 6) is -1.68. The third-order valence-corrected chi connectivity index (χ3v) is 4.27. The molecule has 1 saturated carbocycles. The zero-order valence-electron chi connectivity index (χ0n) is 12.3. The van der Waals surface area contributed by atoms with Crippen molar-refractivity contribution < 1.29 is 13.6 Å². The molecule has 116 valence electrons. The van der Waals surface area contributed by atoms with Crippen LogP contribution in [0.5, 0.6) is 0 Å². The number of carbonyl (C=O) groups excluding carboxylic acids is 1. The topological polar surface area (TPSA) is 55.1 Å². The van der Waals surface area contributed by atoms with Crippen molar-refractivity contribution >= 4 is 5.91 Å². The molecule has 2 rings (SSSR count). The first-order valence-electron chi connectivity index (χ1n) is 7.40. The van der Waals surface area contributed by atoms with Crippen LogP contribution in [0.3, 0.4) is 0 Å². The van der Waals surface area contributed by atoms with Crippen LogP contribution < -0.4 is 11.1 Å². The first-order chi connectivity index (χ1) is 9.96. The van der Waals surface area contributed by atoms with E-state index in [2.05, 4.69) is 12.2 Å². The highest BCUT2D eigenvalue weighted by molar-refractivity contribution is 5.79. The lowest BCUT2D eigenvalue weighted by atomic mass is 9.76. The van der Waals surface area contributed by atoms with Gasteiger partial charge in [0.25, 0.3) is 0 Å². The summed E-state index contributed by atoms with van der Waals surface area (Å²) in [7, 11) is 0. The Hall–Kier alpha value is -1.49. The van der Waals surface area contributed by atoms with E-state index < -0.39 is 17.2 Å². The maximum Gasteiger partial charge on any atom is 0.225 e. The average molecular weight is 296 g/mol. The van der Waals surface area contributed by atoms with Gasteiger partial charge in [0.2, 0.25) is 5.91 Å². The smallest absolute Gasteiger partial charge is 0.225 e. The van der Waals surface area contributed by atoms with Crippen LogP contribution in [0.1, 0.15) is 38.2 Å². The van der Waals surface area contributed by atoms with Gasteiger partial charge in [-0.25, -0.2) is 8.78 Å². The molecule has 1 aliphatic carbocycles. The third kappa shape index (κ3) is 3.79. The van der Waals surface area contributed by atoms with Crippen molar-refractivity contribution in [3.8, 4) is 0 Å². The SMILES string of the molecule is CC1CCCC(CN)(NC(=O)Cc2cccc(F)c2F)C1. The summed E-state index contributed by atoms with van der Waals surface area (Å²) in [6.45, 7) is 2.51. The number of carbonyl (C=O) groups is 1. The Morgan fingerprint density at radius 1 is 1.48 bits per heavy atom. The molecule has 0 saturated heterocycles. The molecule has 1 fully saturated rings. The number of halogens is 2. The normalized spacial score (nSPS) is 25.6. The Balaban J connectivity index is 2.05. The summed E-state index contributed by atoms with van der Waals surface area (Å²) in [5, 5.41) is 2.95. The van der Waals surface area contributed by atoms with E-state index >= 15 is 0 Å². The van der Waals surface area contributed by atoms with Gasteiger partial charge < -0.3 is 11.1 Å². The molecule has 1 aromatic carbocycles. The Labute approximate surface area is 123 Å². The molecule has 2 unspecified atom stereocenters. The van der Waals surface area contributed by atoms with Gasteiger partial charge in [0.05, 0.1) is 12.0 Å². The zero-order chi connectivity index (χ0) is 15.5. The molecular formula is C16H22F2N2O. The molecule has 2 atom stereocenters. The predicted molar refractivity (Wildman–Crippen MR) is 77.6 cm³/mol.